The van der Waals surface area contributed by atoms with Crippen LogP contribution in [0.5, 0.6) is 0 Å². The molecule has 6 nitrogen and oxygen atoms in total. The normalized spacial score (nSPS) is 27.3. The van der Waals surface area contributed by atoms with Crippen molar-refractivity contribution in [3.05, 3.63) is 46.3 Å². The highest BCUT2D eigenvalue weighted by Crippen LogP contribution is 2.33. The van der Waals surface area contributed by atoms with E-state index in [4.69, 9.17) is 19.7 Å². The summed E-state index contributed by atoms with van der Waals surface area (Å²) in [4.78, 5) is 3.02. The van der Waals surface area contributed by atoms with Gasteiger partial charge in [0.1, 0.15) is 0 Å². The van der Waals surface area contributed by atoms with E-state index in [1.165, 1.54) is 19.3 Å². The minimum atomic E-state index is -0.501. The smallest absolute Gasteiger partial charge is 0.166 e. The molecule has 0 aromatic heterocycles. The van der Waals surface area contributed by atoms with Gasteiger partial charge in [0, 0.05) is 11.5 Å². The Morgan fingerprint density at radius 1 is 1.07 bits per heavy atom. The Labute approximate surface area is 169 Å². The molecule has 1 aliphatic heterocycles. The number of unbranched alkanes of at least 4 members (excludes halogenated alkanes) is 4. The molecule has 6 heteroatoms. The van der Waals surface area contributed by atoms with Gasteiger partial charge >= 0.3 is 0 Å². The van der Waals surface area contributed by atoms with Crippen LogP contribution >= 0.6 is 0 Å². The Kier molecular flexibility index (Phi) is 10.4. The molecule has 0 bridgehead atoms. The van der Waals surface area contributed by atoms with E-state index < -0.39 is 6.29 Å². The maximum Gasteiger partial charge on any atom is 0.166 e. The van der Waals surface area contributed by atoms with Crippen molar-refractivity contribution in [3.63, 3.8) is 0 Å². The Morgan fingerprint density at radius 3 is 2.54 bits per heavy atom. The molecule has 0 radical (unpaired) electrons. The van der Waals surface area contributed by atoms with Crippen molar-refractivity contribution >= 4 is 0 Å². The third-order valence-corrected chi connectivity index (χ3v) is 5.65. The van der Waals surface area contributed by atoms with Crippen molar-refractivity contribution in [1.29, 1.82) is 0 Å². The lowest BCUT2D eigenvalue weighted by Crippen LogP contribution is -2.50. The molecule has 5 atom stereocenters. The van der Waals surface area contributed by atoms with Gasteiger partial charge in [0.2, 0.25) is 0 Å². The number of nitrogens with zero attached hydrogens (tertiary/aromatic N) is 3. The van der Waals surface area contributed by atoms with Gasteiger partial charge < -0.3 is 14.2 Å². The lowest BCUT2D eigenvalue weighted by Gasteiger charge is -2.42. The van der Waals surface area contributed by atoms with Gasteiger partial charge in [-0.2, -0.15) is 0 Å². The highest BCUT2D eigenvalue weighted by atomic mass is 16.7. The summed E-state index contributed by atoms with van der Waals surface area (Å²) in [6.07, 6.45) is 5.30. The molecule has 28 heavy (non-hydrogen) atoms. The van der Waals surface area contributed by atoms with Crippen LogP contribution in [0.15, 0.2) is 35.4 Å². The second-order valence-corrected chi connectivity index (χ2v) is 7.74. The number of benzene rings is 1. The highest BCUT2D eigenvalue weighted by Gasteiger charge is 2.41. The van der Waals surface area contributed by atoms with Crippen LogP contribution in [-0.4, -0.2) is 31.6 Å². The largest absolute Gasteiger partial charge is 0.374 e. The summed E-state index contributed by atoms with van der Waals surface area (Å²) < 4.78 is 18.1. The van der Waals surface area contributed by atoms with Crippen LogP contribution in [0.1, 0.15) is 58.4 Å². The maximum atomic E-state index is 8.96. The van der Waals surface area contributed by atoms with Crippen LogP contribution in [0.25, 0.3) is 10.4 Å². The highest BCUT2D eigenvalue weighted by molar-refractivity contribution is 5.13. The minimum Gasteiger partial charge on any atom is -0.374 e. The molecule has 0 saturated carbocycles. The van der Waals surface area contributed by atoms with Gasteiger partial charge in [-0.05, 0) is 29.4 Å². The Morgan fingerprint density at radius 2 is 1.82 bits per heavy atom. The zero-order chi connectivity index (χ0) is 20.2. The van der Waals surface area contributed by atoms with E-state index in [-0.39, 0.29) is 24.0 Å². The summed E-state index contributed by atoms with van der Waals surface area (Å²) >= 11 is 0. The van der Waals surface area contributed by atoms with Crippen molar-refractivity contribution < 1.29 is 14.2 Å². The topological polar surface area (TPSA) is 76.5 Å². The minimum absolute atomic E-state index is 0.0750. The molecule has 1 aromatic carbocycles. The molecule has 1 heterocycles. The Hall–Kier alpha value is -1.59. The van der Waals surface area contributed by atoms with Crippen LogP contribution in [-0.2, 0) is 20.8 Å². The second-order valence-electron chi connectivity index (χ2n) is 7.74. The maximum absolute atomic E-state index is 8.96. The number of hydrogen-bond acceptors (Lipinski definition) is 4. The SMILES string of the molecule is CCCCCCCO[C@H]1OC(COCc2ccccc2)[C@@H](C)[C@H](C)C1N=[N+]=[N-]. The average Bonchev–Trinajstić information content (AvgIpc) is 2.71. The molecule has 156 valence electrons. The first-order valence-corrected chi connectivity index (χ1v) is 10.6. The van der Waals surface area contributed by atoms with E-state index in [0.29, 0.717) is 19.8 Å². The van der Waals surface area contributed by atoms with E-state index in [9.17, 15) is 0 Å². The third-order valence-electron chi connectivity index (χ3n) is 5.65. The van der Waals surface area contributed by atoms with Crippen LogP contribution in [0.4, 0.5) is 0 Å². The molecule has 0 N–H and O–H groups in total. The average molecular weight is 390 g/mol. The fourth-order valence-electron chi connectivity index (χ4n) is 3.59. The van der Waals surface area contributed by atoms with Crippen LogP contribution in [0, 0.1) is 11.8 Å². The summed E-state index contributed by atoms with van der Waals surface area (Å²) in [5, 5.41) is 3.98. The summed E-state index contributed by atoms with van der Waals surface area (Å²) in [5.41, 5.74) is 10.1. The molecule has 0 spiro atoms. The molecular formula is C22H35N3O3. The van der Waals surface area contributed by atoms with Gasteiger partial charge in [-0.1, -0.05) is 81.9 Å². The van der Waals surface area contributed by atoms with Crippen LogP contribution in [0.2, 0.25) is 0 Å². The molecule has 2 rings (SSSR count). The predicted molar refractivity (Wildman–Crippen MR) is 111 cm³/mol. The Bertz CT molecular complexity index is 592. The van der Waals surface area contributed by atoms with E-state index in [2.05, 4.69) is 42.9 Å². The summed E-state index contributed by atoms with van der Waals surface area (Å²) in [6.45, 7) is 8.13. The van der Waals surface area contributed by atoms with E-state index in [1.807, 2.05) is 18.2 Å². The fourth-order valence-corrected chi connectivity index (χ4v) is 3.59. The molecule has 0 aliphatic carbocycles. The van der Waals surface area contributed by atoms with Gasteiger partial charge in [-0.3, -0.25) is 0 Å². The van der Waals surface area contributed by atoms with Crippen molar-refractivity contribution in [2.45, 2.75) is 77.9 Å². The van der Waals surface area contributed by atoms with Crippen molar-refractivity contribution in [2.75, 3.05) is 13.2 Å². The lowest BCUT2D eigenvalue weighted by molar-refractivity contribution is -0.240. The van der Waals surface area contributed by atoms with E-state index >= 15 is 0 Å². The number of ether oxygens (including phenoxy) is 3. The predicted octanol–water partition coefficient (Wildman–Crippen LogP) is 5.87. The zero-order valence-electron chi connectivity index (χ0n) is 17.5. The van der Waals surface area contributed by atoms with Crippen molar-refractivity contribution in [3.8, 4) is 0 Å². The molecule has 1 saturated heterocycles. The van der Waals surface area contributed by atoms with Gasteiger partial charge in [-0.25, -0.2) is 0 Å². The van der Waals surface area contributed by atoms with E-state index in [1.54, 1.807) is 0 Å². The van der Waals surface area contributed by atoms with Gasteiger partial charge in [0.25, 0.3) is 0 Å². The van der Waals surface area contributed by atoms with Crippen LogP contribution in [0.3, 0.4) is 0 Å². The third kappa shape index (κ3) is 7.10. The first kappa shape index (κ1) is 22.7. The van der Waals surface area contributed by atoms with E-state index in [0.717, 1.165) is 18.4 Å². The summed E-state index contributed by atoms with van der Waals surface area (Å²) in [6, 6.07) is 9.81. The standard InChI is InChI=1S/C22H35N3O3/c1-4-5-6-7-11-14-27-22-21(24-25-23)18(3)17(2)20(28-22)16-26-15-19-12-9-8-10-13-19/h8-10,12-13,17-18,20-22H,4-7,11,14-16H2,1-3H3/t17-,18-,20?,21?,22-/m0/s1. The lowest BCUT2D eigenvalue weighted by atomic mass is 9.82. The Balaban J connectivity index is 1.86. The summed E-state index contributed by atoms with van der Waals surface area (Å²) in [7, 11) is 0. The molecule has 0 amide bonds. The van der Waals surface area contributed by atoms with Crippen LogP contribution < -0.4 is 0 Å². The quantitative estimate of drug-likeness (QED) is 0.194. The molecule has 1 aliphatic rings. The first-order valence-electron chi connectivity index (χ1n) is 10.6. The van der Waals surface area contributed by atoms with Gasteiger partial charge in [-0.15, -0.1) is 0 Å². The van der Waals surface area contributed by atoms with Crippen molar-refractivity contribution in [2.24, 2.45) is 17.0 Å². The van der Waals surface area contributed by atoms with Crippen molar-refractivity contribution in [1.82, 2.24) is 0 Å². The second kappa shape index (κ2) is 12.8. The summed E-state index contributed by atoms with van der Waals surface area (Å²) in [5.74, 6) is 0.385. The first-order chi connectivity index (χ1) is 13.7. The number of hydrogen-bond donors (Lipinski definition) is 0. The number of azide groups is 1. The molecular weight excluding hydrogens is 354 g/mol. The monoisotopic (exact) mass is 389 g/mol. The zero-order valence-corrected chi connectivity index (χ0v) is 17.5. The van der Waals surface area contributed by atoms with Gasteiger partial charge in [0.05, 0.1) is 25.4 Å². The fraction of sp³-hybridized carbons (Fsp3) is 0.727. The van der Waals surface area contributed by atoms with Gasteiger partial charge in [0.15, 0.2) is 6.29 Å². The molecule has 1 aromatic rings. The molecule has 2 unspecified atom stereocenters. The number of rotatable bonds is 12. The molecule has 1 fully saturated rings.